The maximum atomic E-state index is 13.0. The van der Waals surface area contributed by atoms with E-state index in [1.54, 1.807) is 10.8 Å². The number of pyridine rings is 1. The Morgan fingerprint density at radius 1 is 1.07 bits per heavy atom. The molecule has 142 valence electrons. The largest absolute Gasteiger partial charge is 0.349 e. The van der Waals surface area contributed by atoms with Gasteiger partial charge >= 0.3 is 0 Å². The summed E-state index contributed by atoms with van der Waals surface area (Å²) in [5, 5.41) is 2.89. The molecule has 1 fully saturated rings. The third-order valence-electron chi connectivity index (χ3n) is 4.95. The van der Waals surface area contributed by atoms with Crippen LogP contribution in [-0.2, 0) is 4.79 Å². The first-order valence-electron chi connectivity index (χ1n) is 9.70. The zero-order valence-corrected chi connectivity index (χ0v) is 15.8. The van der Waals surface area contributed by atoms with Crippen LogP contribution in [0.5, 0.6) is 0 Å². The predicted octanol–water partition coefficient (Wildman–Crippen LogP) is 3.63. The highest BCUT2D eigenvalue weighted by Gasteiger charge is 2.19. The Morgan fingerprint density at radius 3 is 2.48 bits per heavy atom. The SMILES string of the molecule is CC(=O)NC(CC(=O)n1ccccc1=NC1CCCCC1)c1ccccc1. The molecule has 27 heavy (non-hydrogen) atoms. The third-order valence-corrected chi connectivity index (χ3v) is 4.95. The molecule has 1 aromatic heterocycles. The summed E-state index contributed by atoms with van der Waals surface area (Å²) in [7, 11) is 0. The lowest BCUT2D eigenvalue weighted by Gasteiger charge is -2.20. The van der Waals surface area contributed by atoms with Gasteiger partial charge in [-0.25, -0.2) is 0 Å². The molecule has 1 aromatic carbocycles. The van der Waals surface area contributed by atoms with Crippen LogP contribution < -0.4 is 10.8 Å². The molecule has 1 amide bonds. The molecule has 0 radical (unpaired) electrons. The second-order valence-corrected chi connectivity index (χ2v) is 7.11. The van der Waals surface area contributed by atoms with E-state index in [1.807, 2.05) is 48.5 Å². The van der Waals surface area contributed by atoms with Crippen LogP contribution in [0.1, 0.15) is 61.8 Å². The first-order chi connectivity index (χ1) is 13.1. The lowest BCUT2D eigenvalue weighted by atomic mass is 9.96. The van der Waals surface area contributed by atoms with E-state index in [0.717, 1.165) is 18.4 Å². The van der Waals surface area contributed by atoms with Gasteiger partial charge in [-0.2, -0.15) is 0 Å². The highest BCUT2D eigenvalue weighted by Crippen LogP contribution is 2.20. The van der Waals surface area contributed by atoms with Gasteiger partial charge in [0, 0.05) is 13.1 Å². The maximum absolute atomic E-state index is 13.0. The van der Waals surface area contributed by atoms with Crippen molar-refractivity contribution in [1.29, 1.82) is 0 Å². The smallest absolute Gasteiger partial charge is 0.234 e. The standard InChI is InChI=1S/C22H27N3O2/c1-17(26)23-20(18-10-4-2-5-11-18)16-22(27)25-15-9-8-14-21(25)24-19-12-6-3-7-13-19/h2,4-5,8-11,14-15,19-20H,3,6-7,12-13,16H2,1H3,(H,23,26). The third kappa shape index (κ3) is 5.39. The van der Waals surface area contributed by atoms with Crippen molar-refractivity contribution in [2.45, 2.75) is 57.5 Å². The lowest BCUT2D eigenvalue weighted by molar-refractivity contribution is -0.119. The predicted molar refractivity (Wildman–Crippen MR) is 105 cm³/mol. The van der Waals surface area contributed by atoms with E-state index in [9.17, 15) is 9.59 Å². The fourth-order valence-corrected chi connectivity index (χ4v) is 3.60. The Morgan fingerprint density at radius 2 is 1.78 bits per heavy atom. The van der Waals surface area contributed by atoms with Gasteiger partial charge in [-0.3, -0.25) is 19.1 Å². The number of nitrogens with one attached hydrogen (secondary N) is 1. The number of hydrogen-bond acceptors (Lipinski definition) is 3. The molecule has 1 atom stereocenters. The molecule has 1 aliphatic carbocycles. The molecule has 3 rings (SSSR count). The van der Waals surface area contributed by atoms with Crippen LogP contribution in [0.2, 0.25) is 0 Å². The van der Waals surface area contributed by atoms with E-state index >= 15 is 0 Å². The van der Waals surface area contributed by atoms with Gasteiger partial charge in [0.25, 0.3) is 0 Å². The molecular formula is C22H27N3O2. The summed E-state index contributed by atoms with van der Waals surface area (Å²) in [4.78, 5) is 29.5. The van der Waals surface area contributed by atoms with Crippen molar-refractivity contribution in [2.75, 3.05) is 0 Å². The number of rotatable bonds is 5. The van der Waals surface area contributed by atoms with Crippen molar-refractivity contribution in [3.63, 3.8) is 0 Å². The number of aromatic nitrogens is 1. The topological polar surface area (TPSA) is 63.5 Å². The lowest BCUT2D eigenvalue weighted by Crippen LogP contribution is -2.33. The Bertz CT molecular complexity index is 836. The van der Waals surface area contributed by atoms with Crippen LogP contribution in [0.25, 0.3) is 0 Å². The number of nitrogens with zero attached hydrogens (tertiary/aromatic N) is 2. The molecule has 1 unspecified atom stereocenters. The number of benzene rings is 1. The summed E-state index contributed by atoms with van der Waals surface area (Å²) in [5.74, 6) is -0.227. The number of carbonyl (C=O) groups is 2. The van der Waals surface area contributed by atoms with Gasteiger partial charge in [-0.15, -0.1) is 0 Å². The first-order valence-corrected chi connectivity index (χ1v) is 9.70. The maximum Gasteiger partial charge on any atom is 0.234 e. The molecular weight excluding hydrogens is 338 g/mol. The summed E-state index contributed by atoms with van der Waals surface area (Å²) in [6, 6.07) is 15.2. The Balaban J connectivity index is 1.84. The van der Waals surface area contributed by atoms with Gasteiger partial charge < -0.3 is 5.32 Å². The fourth-order valence-electron chi connectivity index (χ4n) is 3.60. The van der Waals surface area contributed by atoms with E-state index in [2.05, 4.69) is 5.32 Å². The molecule has 1 N–H and O–H groups in total. The molecule has 0 bridgehead atoms. The molecule has 5 heteroatoms. The van der Waals surface area contributed by atoms with Gasteiger partial charge in [-0.05, 0) is 30.5 Å². The number of hydrogen-bond donors (Lipinski definition) is 1. The number of carbonyl (C=O) groups excluding carboxylic acids is 2. The quantitative estimate of drug-likeness (QED) is 0.879. The first kappa shape index (κ1) is 19.1. The molecule has 1 aliphatic rings. The zero-order chi connectivity index (χ0) is 19.1. The Labute approximate surface area is 160 Å². The van der Waals surface area contributed by atoms with Crippen molar-refractivity contribution in [2.24, 2.45) is 4.99 Å². The van der Waals surface area contributed by atoms with Crippen LogP contribution in [0, 0.1) is 0 Å². The normalized spacial score (nSPS) is 16.7. The van der Waals surface area contributed by atoms with Crippen molar-refractivity contribution in [3.05, 3.63) is 65.8 Å². The molecule has 0 saturated heterocycles. The monoisotopic (exact) mass is 365 g/mol. The van der Waals surface area contributed by atoms with Crippen molar-refractivity contribution in [3.8, 4) is 0 Å². The summed E-state index contributed by atoms with van der Waals surface area (Å²) >= 11 is 0. The van der Waals surface area contributed by atoms with Gasteiger partial charge in [0.05, 0.1) is 18.5 Å². The average molecular weight is 365 g/mol. The van der Waals surface area contributed by atoms with Crippen LogP contribution >= 0.6 is 0 Å². The minimum absolute atomic E-state index is 0.0761. The highest BCUT2D eigenvalue weighted by molar-refractivity contribution is 5.81. The molecule has 0 spiro atoms. The molecule has 0 aliphatic heterocycles. The highest BCUT2D eigenvalue weighted by atomic mass is 16.2. The summed E-state index contributed by atoms with van der Waals surface area (Å²) < 4.78 is 1.62. The van der Waals surface area contributed by atoms with Crippen molar-refractivity contribution >= 4 is 11.8 Å². The second-order valence-electron chi connectivity index (χ2n) is 7.11. The van der Waals surface area contributed by atoms with E-state index < -0.39 is 0 Å². The summed E-state index contributed by atoms with van der Waals surface area (Å²) in [6.45, 7) is 1.47. The van der Waals surface area contributed by atoms with Crippen LogP contribution in [0.3, 0.4) is 0 Å². The number of amides is 1. The Hall–Kier alpha value is -2.69. The minimum atomic E-state index is -0.355. The van der Waals surface area contributed by atoms with E-state index in [-0.39, 0.29) is 24.3 Å². The van der Waals surface area contributed by atoms with Gasteiger partial charge in [0.15, 0.2) is 0 Å². The zero-order valence-electron chi connectivity index (χ0n) is 15.8. The van der Waals surface area contributed by atoms with E-state index in [0.29, 0.717) is 11.5 Å². The molecule has 1 heterocycles. The van der Waals surface area contributed by atoms with Crippen LogP contribution in [0.4, 0.5) is 0 Å². The van der Waals surface area contributed by atoms with Gasteiger partial charge in [0.2, 0.25) is 11.8 Å². The summed E-state index contributed by atoms with van der Waals surface area (Å²) in [5.41, 5.74) is 1.62. The molecule has 1 saturated carbocycles. The molecule has 2 aromatic rings. The summed E-state index contributed by atoms with van der Waals surface area (Å²) in [6.07, 6.45) is 7.80. The minimum Gasteiger partial charge on any atom is -0.349 e. The average Bonchev–Trinajstić information content (AvgIpc) is 2.69. The van der Waals surface area contributed by atoms with E-state index in [4.69, 9.17) is 4.99 Å². The van der Waals surface area contributed by atoms with E-state index in [1.165, 1.54) is 26.2 Å². The van der Waals surface area contributed by atoms with Gasteiger partial charge in [0.1, 0.15) is 5.49 Å². The fraction of sp³-hybridized carbons (Fsp3) is 0.409. The second kappa shape index (κ2) is 9.31. The molecule has 5 nitrogen and oxygen atoms in total. The van der Waals surface area contributed by atoms with Crippen LogP contribution in [0.15, 0.2) is 59.7 Å². The van der Waals surface area contributed by atoms with Crippen molar-refractivity contribution in [1.82, 2.24) is 9.88 Å². The van der Waals surface area contributed by atoms with Gasteiger partial charge in [-0.1, -0.05) is 55.7 Å². The Kier molecular flexibility index (Phi) is 6.58. The van der Waals surface area contributed by atoms with Crippen molar-refractivity contribution < 1.29 is 9.59 Å². The van der Waals surface area contributed by atoms with Crippen LogP contribution in [-0.4, -0.2) is 22.4 Å².